The number of ether oxygens (including phenoxy) is 1. The van der Waals surface area contributed by atoms with Gasteiger partial charge in [0, 0.05) is 42.3 Å². The molecular formula is C31H34ClN5O4. The van der Waals surface area contributed by atoms with Gasteiger partial charge in [0.05, 0.1) is 30.0 Å². The Morgan fingerprint density at radius 3 is 2.66 bits per heavy atom. The summed E-state index contributed by atoms with van der Waals surface area (Å²) in [5.74, 6) is -0.389. The SMILES string of the molecule is O=C(N[C@@H]1CCCn2c1c(O)n(-c1ccc(C3(CCN4CCOCC4)CC3)cc1)c2=O)c1ccc2c(Cl)c[nH]c2c1. The first kappa shape index (κ1) is 26.4. The minimum atomic E-state index is -0.484. The Hall–Kier alpha value is -3.53. The zero-order chi connectivity index (χ0) is 28.1. The summed E-state index contributed by atoms with van der Waals surface area (Å²) in [4.78, 5) is 32.2. The number of morpholine rings is 1. The van der Waals surface area contributed by atoms with Crippen LogP contribution in [0.15, 0.2) is 53.5 Å². The highest BCUT2D eigenvalue weighted by molar-refractivity contribution is 6.35. The summed E-state index contributed by atoms with van der Waals surface area (Å²) in [6, 6.07) is 12.9. The number of nitrogens with one attached hydrogen (secondary N) is 2. The topological polar surface area (TPSA) is 105 Å². The number of aromatic hydroxyl groups is 1. The predicted octanol–water partition coefficient (Wildman–Crippen LogP) is 4.50. The lowest BCUT2D eigenvalue weighted by Crippen LogP contribution is -2.37. The molecule has 2 fully saturated rings. The van der Waals surface area contributed by atoms with Gasteiger partial charge in [0.25, 0.3) is 5.91 Å². The molecule has 3 aliphatic rings. The fourth-order valence-electron chi connectivity index (χ4n) is 6.54. The van der Waals surface area contributed by atoms with Crippen LogP contribution in [0.2, 0.25) is 5.02 Å². The van der Waals surface area contributed by atoms with Gasteiger partial charge in [0.2, 0.25) is 5.88 Å². The number of halogens is 1. The monoisotopic (exact) mass is 575 g/mol. The Kier molecular flexibility index (Phi) is 6.68. The molecule has 10 heteroatoms. The number of H-pyrrole nitrogens is 1. The highest BCUT2D eigenvalue weighted by Crippen LogP contribution is 2.51. The van der Waals surface area contributed by atoms with E-state index in [-0.39, 0.29) is 22.9 Å². The molecule has 7 rings (SSSR count). The molecule has 41 heavy (non-hydrogen) atoms. The first-order valence-corrected chi connectivity index (χ1v) is 14.8. The number of rotatable bonds is 7. The quantitative estimate of drug-likeness (QED) is 0.301. The predicted molar refractivity (Wildman–Crippen MR) is 157 cm³/mol. The van der Waals surface area contributed by atoms with Crippen molar-refractivity contribution in [3.05, 3.63) is 81.0 Å². The number of hydrogen-bond acceptors (Lipinski definition) is 5. The lowest BCUT2D eigenvalue weighted by atomic mass is 9.92. The smallest absolute Gasteiger partial charge is 0.335 e. The van der Waals surface area contributed by atoms with Crippen LogP contribution in [0.5, 0.6) is 5.88 Å². The fourth-order valence-corrected chi connectivity index (χ4v) is 6.76. The summed E-state index contributed by atoms with van der Waals surface area (Å²) >= 11 is 6.18. The van der Waals surface area contributed by atoms with Crippen molar-refractivity contribution in [3.8, 4) is 11.6 Å². The van der Waals surface area contributed by atoms with Crippen LogP contribution in [0.3, 0.4) is 0 Å². The first-order chi connectivity index (χ1) is 19.9. The van der Waals surface area contributed by atoms with E-state index in [0.717, 1.165) is 56.6 Å². The maximum absolute atomic E-state index is 13.5. The van der Waals surface area contributed by atoms with Gasteiger partial charge in [-0.3, -0.25) is 14.3 Å². The van der Waals surface area contributed by atoms with E-state index in [4.69, 9.17) is 16.3 Å². The molecule has 1 aliphatic carbocycles. The lowest BCUT2D eigenvalue weighted by molar-refractivity contribution is 0.0362. The van der Waals surface area contributed by atoms with Crippen LogP contribution in [0.4, 0.5) is 0 Å². The minimum Gasteiger partial charge on any atom is -0.493 e. The standard InChI is InChI=1S/C31H34ClN5O4/c32-24-19-33-26-18-20(3-8-23(24)26)28(38)34-25-2-1-12-36-27(25)29(39)37(30(36)40)22-6-4-21(5-7-22)31(9-10-31)11-13-35-14-16-41-17-15-35/h3-8,18-19,25,33,39H,1-2,9-17H2,(H,34,38)/t25-/m1/s1. The van der Waals surface area contributed by atoms with Crippen LogP contribution in [-0.2, 0) is 16.7 Å². The van der Waals surface area contributed by atoms with Gasteiger partial charge in [0.1, 0.15) is 5.69 Å². The summed E-state index contributed by atoms with van der Waals surface area (Å²) in [6.07, 6.45) is 6.50. The average molecular weight is 576 g/mol. The number of imidazole rings is 1. The molecule has 4 heterocycles. The van der Waals surface area contributed by atoms with Gasteiger partial charge in [0.15, 0.2) is 0 Å². The molecule has 0 unspecified atom stereocenters. The highest BCUT2D eigenvalue weighted by atomic mass is 35.5. The molecule has 0 spiro atoms. The zero-order valence-electron chi connectivity index (χ0n) is 22.9. The average Bonchev–Trinajstić information content (AvgIpc) is 3.64. The second kappa shape index (κ2) is 10.4. The Bertz CT molecular complexity index is 1660. The third-order valence-electron chi connectivity index (χ3n) is 9.16. The van der Waals surface area contributed by atoms with Crippen molar-refractivity contribution < 1.29 is 14.6 Å². The third kappa shape index (κ3) is 4.75. The van der Waals surface area contributed by atoms with Crippen molar-refractivity contribution in [1.29, 1.82) is 0 Å². The molecule has 1 atom stereocenters. The van der Waals surface area contributed by atoms with Crippen LogP contribution in [-0.4, -0.2) is 62.9 Å². The second-order valence-corrected chi connectivity index (χ2v) is 12.0. The van der Waals surface area contributed by atoms with Gasteiger partial charge >= 0.3 is 5.69 Å². The maximum Gasteiger partial charge on any atom is 0.335 e. The summed E-state index contributed by atoms with van der Waals surface area (Å²) in [5, 5.41) is 15.8. The highest BCUT2D eigenvalue weighted by Gasteiger charge is 2.44. The molecule has 1 saturated heterocycles. The normalized spacial score (nSPS) is 20.2. The van der Waals surface area contributed by atoms with Crippen molar-refractivity contribution in [2.24, 2.45) is 0 Å². The van der Waals surface area contributed by atoms with E-state index in [2.05, 4.69) is 27.3 Å². The number of hydrogen-bond donors (Lipinski definition) is 3. The number of carbonyl (C=O) groups is 1. The summed E-state index contributed by atoms with van der Waals surface area (Å²) in [6.45, 7) is 5.17. The molecule has 2 aromatic carbocycles. The molecule has 3 N–H and O–H groups in total. The number of nitrogens with zero attached hydrogens (tertiary/aromatic N) is 3. The van der Waals surface area contributed by atoms with Crippen molar-refractivity contribution in [2.45, 2.75) is 50.1 Å². The minimum absolute atomic E-state index is 0.118. The van der Waals surface area contributed by atoms with Crippen LogP contribution in [0, 0.1) is 0 Å². The van der Waals surface area contributed by atoms with E-state index < -0.39 is 6.04 Å². The summed E-state index contributed by atoms with van der Waals surface area (Å²) in [5.41, 5.74) is 3.53. The Labute approximate surface area is 242 Å². The third-order valence-corrected chi connectivity index (χ3v) is 9.47. The summed E-state index contributed by atoms with van der Waals surface area (Å²) < 4.78 is 8.44. The van der Waals surface area contributed by atoms with Gasteiger partial charge in [-0.1, -0.05) is 29.8 Å². The van der Waals surface area contributed by atoms with Gasteiger partial charge in [-0.15, -0.1) is 0 Å². The Morgan fingerprint density at radius 2 is 1.90 bits per heavy atom. The number of aromatic nitrogens is 3. The Morgan fingerprint density at radius 1 is 1.12 bits per heavy atom. The molecule has 9 nitrogen and oxygen atoms in total. The molecule has 214 valence electrons. The number of amides is 1. The molecule has 4 aromatic rings. The fraction of sp³-hybridized carbons (Fsp3) is 0.419. The van der Waals surface area contributed by atoms with Gasteiger partial charge in [-0.25, -0.2) is 9.36 Å². The van der Waals surface area contributed by atoms with E-state index in [1.807, 2.05) is 18.2 Å². The van der Waals surface area contributed by atoms with Crippen molar-refractivity contribution in [3.63, 3.8) is 0 Å². The maximum atomic E-state index is 13.5. The Balaban J connectivity index is 1.11. The van der Waals surface area contributed by atoms with Crippen molar-refractivity contribution in [2.75, 3.05) is 32.8 Å². The van der Waals surface area contributed by atoms with Gasteiger partial charge < -0.3 is 20.1 Å². The number of benzene rings is 2. The van der Waals surface area contributed by atoms with E-state index in [9.17, 15) is 14.7 Å². The van der Waals surface area contributed by atoms with Crippen molar-refractivity contribution >= 4 is 28.4 Å². The van der Waals surface area contributed by atoms with Crippen LogP contribution in [0.25, 0.3) is 16.6 Å². The van der Waals surface area contributed by atoms with Crippen LogP contribution < -0.4 is 11.0 Å². The van der Waals surface area contributed by atoms with Crippen LogP contribution >= 0.6 is 11.6 Å². The van der Waals surface area contributed by atoms with E-state index in [1.165, 1.54) is 23.0 Å². The first-order valence-electron chi connectivity index (χ1n) is 14.5. The van der Waals surface area contributed by atoms with Crippen LogP contribution in [0.1, 0.15) is 59.8 Å². The lowest BCUT2D eigenvalue weighted by Gasteiger charge is -2.28. The molecule has 1 saturated carbocycles. The van der Waals surface area contributed by atoms with E-state index in [1.54, 1.807) is 22.9 Å². The number of carbonyl (C=O) groups excluding carboxylic acids is 1. The molecule has 0 bridgehead atoms. The molecular weight excluding hydrogens is 542 g/mol. The van der Waals surface area contributed by atoms with E-state index >= 15 is 0 Å². The molecule has 2 aromatic heterocycles. The second-order valence-electron chi connectivity index (χ2n) is 11.6. The van der Waals surface area contributed by atoms with E-state index in [0.29, 0.717) is 34.9 Å². The van der Waals surface area contributed by atoms with Gasteiger partial charge in [-0.2, -0.15) is 0 Å². The number of aromatic amines is 1. The molecule has 2 aliphatic heterocycles. The largest absolute Gasteiger partial charge is 0.493 e. The van der Waals surface area contributed by atoms with Gasteiger partial charge in [-0.05, 0) is 73.9 Å². The molecule has 1 amide bonds. The number of fused-ring (bicyclic) bond motifs is 2. The zero-order valence-corrected chi connectivity index (χ0v) is 23.6. The van der Waals surface area contributed by atoms with Crippen molar-refractivity contribution in [1.82, 2.24) is 24.3 Å². The summed E-state index contributed by atoms with van der Waals surface area (Å²) in [7, 11) is 0. The molecule has 0 radical (unpaired) electrons.